The van der Waals surface area contributed by atoms with E-state index in [1.807, 2.05) is 30.3 Å². The topological polar surface area (TPSA) is 62.9 Å². The van der Waals surface area contributed by atoms with Crippen LogP contribution in [0.2, 0.25) is 0 Å². The molecule has 5 rings (SSSR count). The van der Waals surface area contributed by atoms with Crippen LogP contribution in [0.4, 0.5) is 10.1 Å². The van der Waals surface area contributed by atoms with E-state index in [2.05, 4.69) is 10.00 Å². The van der Waals surface area contributed by atoms with Crippen molar-refractivity contribution in [2.24, 2.45) is 0 Å². The molecule has 0 N–H and O–H groups in total. The highest BCUT2D eigenvalue weighted by Gasteiger charge is 2.22. The number of halogens is 1. The Morgan fingerprint density at radius 2 is 1.66 bits per heavy atom. The molecular formula is C24H22FN5O2. The minimum Gasteiger partial charge on any atom is -0.368 e. The Labute approximate surface area is 183 Å². The number of anilines is 1. The normalized spacial score (nSPS) is 14.2. The van der Waals surface area contributed by atoms with Crippen molar-refractivity contribution in [3.63, 3.8) is 0 Å². The molecule has 1 aliphatic rings. The van der Waals surface area contributed by atoms with E-state index in [0.29, 0.717) is 37.4 Å². The van der Waals surface area contributed by atoms with Crippen LogP contribution >= 0.6 is 0 Å². The van der Waals surface area contributed by atoms with Gasteiger partial charge in [0.1, 0.15) is 17.9 Å². The number of piperazine rings is 1. The largest absolute Gasteiger partial charge is 0.368 e. The molecule has 1 aliphatic heterocycles. The molecule has 7 nitrogen and oxygen atoms in total. The quantitative estimate of drug-likeness (QED) is 0.499. The minimum absolute atomic E-state index is 0.0161. The van der Waals surface area contributed by atoms with E-state index < -0.39 is 0 Å². The lowest BCUT2D eigenvalue weighted by Gasteiger charge is -2.36. The summed E-state index contributed by atoms with van der Waals surface area (Å²) in [4.78, 5) is 29.7. The summed E-state index contributed by atoms with van der Waals surface area (Å²) in [6.07, 6.45) is 3.30. The van der Waals surface area contributed by atoms with Gasteiger partial charge in [0.05, 0.1) is 5.69 Å². The number of fused-ring (bicyclic) bond motifs is 1. The maximum absolute atomic E-state index is 13.1. The van der Waals surface area contributed by atoms with Crippen molar-refractivity contribution in [2.75, 3.05) is 31.1 Å². The maximum Gasteiger partial charge on any atom is 0.277 e. The lowest BCUT2D eigenvalue weighted by atomic mass is 10.1. The van der Waals surface area contributed by atoms with Crippen molar-refractivity contribution in [1.29, 1.82) is 0 Å². The highest BCUT2D eigenvalue weighted by molar-refractivity contribution is 5.76. The number of carbonyl (C=O) groups excluding carboxylic acids is 1. The summed E-state index contributed by atoms with van der Waals surface area (Å²) in [5.41, 5.74) is 2.76. The Hall–Kier alpha value is -3.94. The van der Waals surface area contributed by atoms with Gasteiger partial charge in [0.15, 0.2) is 0 Å². The second-order valence-corrected chi connectivity index (χ2v) is 7.80. The van der Waals surface area contributed by atoms with Crippen LogP contribution in [-0.2, 0) is 11.3 Å². The Kier molecular flexibility index (Phi) is 5.18. The molecule has 0 aliphatic carbocycles. The summed E-state index contributed by atoms with van der Waals surface area (Å²) in [6.45, 7) is 2.41. The van der Waals surface area contributed by atoms with Gasteiger partial charge in [-0.15, -0.1) is 0 Å². The maximum atomic E-state index is 13.1. The molecule has 1 amide bonds. The van der Waals surface area contributed by atoms with Crippen molar-refractivity contribution >= 4 is 17.1 Å². The fourth-order valence-electron chi connectivity index (χ4n) is 4.01. The molecule has 2 aromatic carbocycles. The third-order valence-corrected chi connectivity index (χ3v) is 5.80. The number of aromatic nitrogens is 3. The number of benzene rings is 2. The SMILES string of the molecule is O=C(Cn1ccn2nc(-c3ccccc3)cc2c1=O)N1CCN(c2ccc(F)cc2)CC1. The zero-order chi connectivity index (χ0) is 22.1. The Morgan fingerprint density at radius 1 is 0.938 bits per heavy atom. The van der Waals surface area contributed by atoms with Gasteiger partial charge in [-0.3, -0.25) is 9.59 Å². The molecule has 2 aromatic heterocycles. The summed E-state index contributed by atoms with van der Waals surface area (Å²) >= 11 is 0. The van der Waals surface area contributed by atoms with Crippen LogP contribution < -0.4 is 10.5 Å². The molecule has 4 aromatic rings. The predicted octanol–water partition coefficient (Wildman–Crippen LogP) is 2.65. The Balaban J connectivity index is 1.28. The summed E-state index contributed by atoms with van der Waals surface area (Å²) in [6, 6.07) is 17.8. The van der Waals surface area contributed by atoms with Gasteiger partial charge in [-0.05, 0) is 30.3 Å². The van der Waals surface area contributed by atoms with Crippen molar-refractivity contribution in [1.82, 2.24) is 19.1 Å². The van der Waals surface area contributed by atoms with Gasteiger partial charge in [-0.2, -0.15) is 5.10 Å². The average molecular weight is 431 g/mol. The van der Waals surface area contributed by atoms with Crippen LogP contribution in [0.5, 0.6) is 0 Å². The van der Waals surface area contributed by atoms with Crippen LogP contribution in [0.3, 0.4) is 0 Å². The molecule has 0 atom stereocenters. The van der Waals surface area contributed by atoms with E-state index in [9.17, 15) is 14.0 Å². The van der Waals surface area contributed by atoms with Crippen molar-refractivity contribution in [2.45, 2.75) is 6.54 Å². The Bertz CT molecular complexity index is 1310. The number of hydrogen-bond acceptors (Lipinski definition) is 4. The zero-order valence-electron chi connectivity index (χ0n) is 17.4. The number of amides is 1. The molecular weight excluding hydrogens is 409 g/mol. The van der Waals surface area contributed by atoms with Gasteiger partial charge in [0.2, 0.25) is 5.91 Å². The van der Waals surface area contributed by atoms with Crippen molar-refractivity contribution in [3.8, 4) is 11.3 Å². The molecule has 0 bridgehead atoms. The van der Waals surface area contributed by atoms with Gasteiger partial charge in [0.25, 0.3) is 5.56 Å². The van der Waals surface area contributed by atoms with Gasteiger partial charge in [0, 0.05) is 49.8 Å². The number of nitrogens with zero attached hydrogens (tertiary/aromatic N) is 5. The van der Waals surface area contributed by atoms with Gasteiger partial charge in [-0.25, -0.2) is 8.91 Å². The van der Waals surface area contributed by atoms with E-state index in [0.717, 1.165) is 11.3 Å². The molecule has 3 heterocycles. The Morgan fingerprint density at radius 3 is 2.38 bits per heavy atom. The van der Waals surface area contributed by atoms with Crippen LogP contribution in [0.15, 0.2) is 77.9 Å². The molecule has 0 unspecified atom stereocenters. The van der Waals surface area contributed by atoms with Crippen LogP contribution in [0.1, 0.15) is 0 Å². The second-order valence-electron chi connectivity index (χ2n) is 7.80. The molecule has 0 saturated carbocycles. The van der Waals surface area contributed by atoms with Crippen molar-refractivity contribution < 1.29 is 9.18 Å². The highest BCUT2D eigenvalue weighted by Crippen LogP contribution is 2.18. The molecule has 32 heavy (non-hydrogen) atoms. The lowest BCUT2D eigenvalue weighted by molar-refractivity contribution is -0.132. The molecule has 162 valence electrons. The summed E-state index contributed by atoms with van der Waals surface area (Å²) in [5.74, 6) is -0.364. The first kappa shape index (κ1) is 20.0. The summed E-state index contributed by atoms with van der Waals surface area (Å²) in [5, 5.41) is 4.48. The lowest BCUT2D eigenvalue weighted by Crippen LogP contribution is -2.50. The average Bonchev–Trinajstić information content (AvgIpc) is 3.27. The number of carbonyl (C=O) groups is 1. The minimum atomic E-state index is -0.265. The van der Waals surface area contributed by atoms with E-state index in [-0.39, 0.29) is 23.8 Å². The van der Waals surface area contributed by atoms with Crippen molar-refractivity contribution in [3.05, 3.63) is 89.2 Å². The van der Waals surface area contributed by atoms with Crippen LogP contribution in [0.25, 0.3) is 16.8 Å². The molecule has 8 heteroatoms. The van der Waals surface area contributed by atoms with E-state index >= 15 is 0 Å². The first-order chi connectivity index (χ1) is 15.6. The van der Waals surface area contributed by atoms with E-state index in [1.165, 1.54) is 16.7 Å². The van der Waals surface area contributed by atoms with Gasteiger partial charge >= 0.3 is 0 Å². The zero-order valence-corrected chi connectivity index (χ0v) is 17.4. The van der Waals surface area contributed by atoms with Gasteiger partial charge in [-0.1, -0.05) is 30.3 Å². The van der Waals surface area contributed by atoms with Gasteiger partial charge < -0.3 is 14.4 Å². The molecule has 1 fully saturated rings. The highest BCUT2D eigenvalue weighted by atomic mass is 19.1. The first-order valence-corrected chi connectivity index (χ1v) is 10.5. The molecule has 0 spiro atoms. The smallest absolute Gasteiger partial charge is 0.277 e. The number of rotatable bonds is 4. The third kappa shape index (κ3) is 3.87. The number of hydrogen-bond donors (Lipinski definition) is 0. The summed E-state index contributed by atoms with van der Waals surface area (Å²) < 4.78 is 16.1. The molecule has 1 saturated heterocycles. The fraction of sp³-hybridized carbons (Fsp3) is 0.208. The van der Waals surface area contributed by atoms with Crippen LogP contribution in [0, 0.1) is 5.82 Å². The monoisotopic (exact) mass is 431 g/mol. The fourth-order valence-corrected chi connectivity index (χ4v) is 4.01. The predicted molar refractivity (Wildman–Crippen MR) is 120 cm³/mol. The third-order valence-electron chi connectivity index (χ3n) is 5.80. The van der Waals surface area contributed by atoms with E-state index in [1.54, 1.807) is 40.0 Å². The standard InChI is InChI=1S/C24H22FN5O2/c25-19-6-8-20(9-7-19)27-10-12-28(13-11-27)23(31)17-29-14-15-30-22(24(29)32)16-21(26-30)18-4-2-1-3-5-18/h1-9,14-16H,10-13,17H2. The first-order valence-electron chi connectivity index (χ1n) is 10.5. The molecule has 0 radical (unpaired) electrons. The summed E-state index contributed by atoms with van der Waals surface area (Å²) in [7, 11) is 0. The van der Waals surface area contributed by atoms with Crippen LogP contribution in [-0.4, -0.2) is 51.2 Å². The van der Waals surface area contributed by atoms with E-state index in [4.69, 9.17) is 0 Å². The second kappa shape index (κ2) is 8.30.